The first kappa shape index (κ1) is 8.70. The van der Waals surface area contributed by atoms with E-state index in [1.807, 2.05) is 12.3 Å². The summed E-state index contributed by atoms with van der Waals surface area (Å²) in [6.45, 7) is 0.756. The van der Waals surface area contributed by atoms with Crippen LogP contribution >= 0.6 is 0 Å². The summed E-state index contributed by atoms with van der Waals surface area (Å²) in [5.41, 5.74) is 8.14. The minimum Gasteiger partial charge on any atom is -0.508 e. The summed E-state index contributed by atoms with van der Waals surface area (Å²) >= 11 is 0. The Labute approximate surface area is 87.4 Å². The molecule has 1 atom stereocenters. The van der Waals surface area contributed by atoms with Gasteiger partial charge in [0.1, 0.15) is 5.75 Å². The molecule has 1 unspecified atom stereocenters. The highest BCUT2D eigenvalue weighted by Crippen LogP contribution is 2.35. The third-order valence-electron chi connectivity index (χ3n) is 2.72. The highest BCUT2D eigenvalue weighted by Gasteiger charge is 2.26. The first-order chi connectivity index (χ1) is 7.34. The molecule has 5 nitrogen and oxygen atoms in total. The maximum Gasteiger partial charge on any atom is 0.117 e. The van der Waals surface area contributed by atoms with Crippen LogP contribution in [0.4, 0.5) is 11.4 Å². The standard InChI is InChI=1S/C10H12N4O/c15-7-1-2-9-8(5-7)11-4-3-10-13-12-6-14(9)10/h1-2,4-5,10,12-13,15H,3,6H2. The summed E-state index contributed by atoms with van der Waals surface area (Å²) in [5, 5.41) is 9.40. The van der Waals surface area contributed by atoms with Gasteiger partial charge in [-0.1, -0.05) is 0 Å². The number of nitrogens with one attached hydrogen (secondary N) is 2. The maximum absolute atomic E-state index is 9.40. The van der Waals surface area contributed by atoms with Gasteiger partial charge in [0.25, 0.3) is 0 Å². The number of fused-ring (bicyclic) bond motifs is 3. The van der Waals surface area contributed by atoms with Crippen molar-refractivity contribution >= 4 is 17.6 Å². The molecule has 78 valence electrons. The van der Waals surface area contributed by atoms with Gasteiger partial charge in [0.05, 0.1) is 24.2 Å². The van der Waals surface area contributed by atoms with E-state index in [2.05, 4.69) is 20.7 Å². The van der Waals surface area contributed by atoms with Gasteiger partial charge in [0.15, 0.2) is 0 Å². The molecule has 2 aliphatic heterocycles. The van der Waals surface area contributed by atoms with Crippen LogP contribution in [0.5, 0.6) is 5.75 Å². The summed E-state index contributed by atoms with van der Waals surface area (Å²) in [6, 6.07) is 5.27. The van der Waals surface area contributed by atoms with Gasteiger partial charge in [-0.05, 0) is 12.1 Å². The van der Waals surface area contributed by atoms with Gasteiger partial charge in [0.2, 0.25) is 0 Å². The van der Waals surface area contributed by atoms with Crippen LogP contribution in [-0.2, 0) is 0 Å². The van der Waals surface area contributed by atoms with Crippen LogP contribution in [0, 0.1) is 0 Å². The molecule has 15 heavy (non-hydrogen) atoms. The molecule has 2 heterocycles. The lowest BCUT2D eigenvalue weighted by molar-refractivity contribution is 0.475. The number of rotatable bonds is 0. The Morgan fingerprint density at radius 3 is 3.33 bits per heavy atom. The van der Waals surface area contributed by atoms with Gasteiger partial charge in [-0.15, -0.1) is 0 Å². The van der Waals surface area contributed by atoms with Crippen molar-refractivity contribution in [1.82, 2.24) is 10.9 Å². The normalized spacial score (nSPS) is 23.5. The molecule has 2 aliphatic rings. The van der Waals surface area contributed by atoms with E-state index < -0.39 is 0 Å². The second-order valence-corrected chi connectivity index (χ2v) is 3.69. The van der Waals surface area contributed by atoms with E-state index in [0.29, 0.717) is 0 Å². The van der Waals surface area contributed by atoms with E-state index in [9.17, 15) is 5.11 Å². The van der Waals surface area contributed by atoms with Crippen molar-refractivity contribution in [2.24, 2.45) is 4.99 Å². The number of phenols is 1. The zero-order chi connectivity index (χ0) is 10.3. The number of hydrogen-bond acceptors (Lipinski definition) is 5. The van der Waals surface area contributed by atoms with E-state index in [4.69, 9.17) is 0 Å². The number of hydrogen-bond donors (Lipinski definition) is 3. The van der Waals surface area contributed by atoms with Crippen molar-refractivity contribution in [3.63, 3.8) is 0 Å². The Morgan fingerprint density at radius 1 is 1.47 bits per heavy atom. The van der Waals surface area contributed by atoms with Gasteiger partial charge in [-0.2, -0.15) is 0 Å². The van der Waals surface area contributed by atoms with Crippen LogP contribution in [0.3, 0.4) is 0 Å². The van der Waals surface area contributed by atoms with Gasteiger partial charge >= 0.3 is 0 Å². The number of aliphatic imine (C=N–C) groups is 1. The molecule has 0 saturated carbocycles. The maximum atomic E-state index is 9.40. The summed E-state index contributed by atoms with van der Waals surface area (Å²) in [5.74, 6) is 0.254. The van der Waals surface area contributed by atoms with Crippen molar-refractivity contribution in [2.45, 2.75) is 12.6 Å². The Hall–Kier alpha value is -1.59. The average molecular weight is 204 g/mol. The monoisotopic (exact) mass is 204 g/mol. The SMILES string of the molecule is Oc1ccc2c(c1)N=CCC1NNCN21. The number of hydrazine groups is 1. The van der Waals surface area contributed by atoms with Crippen LogP contribution in [0.1, 0.15) is 6.42 Å². The number of anilines is 1. The smallest absolute Gasteiger partial charge is 0.117 e. The van der Waals surface area contributed by atoms with E-state index in [-0.39, 0.29) is 11.9 Å². The molecule has 0 aromatic heterocycles. The fourth-order valence-corrected chi connectivity index (χ4v) is 1.98. The van der Waals surface area contributed by atoms with Crippen LogP contribution in [-0.4, -0.2) is 24.2 Å². The van der Waals surface area contributed by atoms with Gasteiger partial charge in [-0.3, -0.25) is 4.99 Å². The number of nitrogens with zero attached hydrogens (tertiary/aromatic N) is 2. The summed E-state index contributed by atoms with van der Waals surface area (Å²) in [7, 11) is 0. The molecular formula is C10H12N4O. The molecule has 1 aromatic carbocycles. The van der Waals surface area contributed by atoms with Crippen LogP contribution in [0.25, 0.3) is 0 Å². The van der Waals surface area contributed by atoms with E-state index in [0.717, 1.165) is 24.5 Å². The summed E-state index contributed by atoms with van der Waals surface area (Å²) in [6.07, 6.45) is 2.98. The van der Waals surface area contributed by atoms with Crippen molar-refractivity contribution < 1.29 is 5.11 Å². The lowest BCUT2D eigenvalue weighted by Gasteiger charge is -2.23. The van der Waals surface area contributed by atoms with Gasteiger partial charge < -0.3 is 10.0 Å². The molecule has 0 amide bonds. The van der Waals surface area contributed by atoms with Gasteiger partial charge in [-0.25, -0.2) is 10.9 Å². The molecule has 0 radical (unpaired) electrons. The lowest BCUT2D eigenvalue weighted by atomic mass is 10.2. The molecule has 0 aliphatic carbocycles. The van der Waals surface area contributed by atoms with E-state index in [1.165, 1.54) is 0 Å². The highest BCUT2D eigenvalue weighted by molar-refractivity contribution is 5.78. The third-order valence-corrected chi connectivity index (χ3v) is 2.72. The van der Waals surface area contributed by atoms with Crippen molar-refractivity contribution in [1.29, 1.82) is 0 Å². The molecule has 1 aromatic rings. The van der Waals surface area contributed by atoms with Crippen LogP contribution < -0.4 is 15.8 Å². The van der Waals surface area contributed by atoms with Crippen LogP contribution in [0.15, 0.2) is 23.2 Å². The molecule has 3 rings (SSSR count). The predicted octanol–water partition coefficient (Wildman–Crippen LogP) is 0.696. The van der Waals surface area contributed by atoms with E-state index >= 15 is 0 Å². The van der Waals surface area contributed by atoms with Crippen LogP contribution in [0.2, 0.25) is 0 Å². The zero-order valence-electron chi connectivity index (χ0n) is 8.14. The average Bonchev–Trinajstić information content (AvgIpc) is 2.61. The third kappa shape index (κ3) is 1.36. The second kappa shape index (κ2) is 3.22. The van der Waals surface area contributed by atoms with Crippen molar-refractivity contribution in [3.05, 3.63) is 18.2 Å². The first-order valence-electron chi connectivity index (χ1n) is 4.95. The molecule has 0 bridgehead atoms. The summed E-state index contributed by atoms with van der Waals surface area (Å²) < 4.78 is 0. The number of aromatic hydroxyl groups is 1. The molecule has 1 saturated heterocycles. The minimum absolute atomic E-state index is 0.250. The quantitative estimate of drug-likeness (QED) is 0.582. The van der Waals surface area contributed by atoms with Crippen molar-refractivity contribution in [3.8, 4) is 5.75 Å². The van der Waals surface area contributed by atoms with Crippen molar-refractivity contribution in [2.75, 3.05) is 11.6 Å². The topological polar surface area (TPSA) is 59.9 Å². The number of phenolic OH excluding ortho intramolecular Hbond substituents is 1. The van der Waals surface area contributed by atoms with E-state index in [1.54, 1.807) is 12.1 Å². The molecular weight excluding hydrogens is 192 g/mol. The predicted molar refractivity (Wildman–Crippen MR) is 58.3 cm³/mol. The largest absolute Gasteiger partial charge is 0.508 e. The highest BCUT2D eigenvalue weighted by atomic mass is 16.3. The molecule has 3 N–H and O–H groups in total. The molecule has 0 spiro atoms. The first-order valence-corrected chi connectivity index (χ1v) is 4.95. The fraction of sp³-hybridized carbons (Fsp3) is 0.300. The zero-order valence-corrected chi connectivity index (χ0v) is 8.14. The Morgan fingerprint density at radius 2 is 2.40 bits per heavy atom. The Kier molecular flexibility index (Phi) is 1.87. The summed E-state index contributed by atoms with van der Waals surface area (Å²) in [4.78, 5) is 6.53. The molecule has 1 fully saturated rings. The molecule has 5 heteroatoms. The Balaban J connectivity index is 2.10. The Bertz CT molecular complexity index is 418. The lowest BCUT2D eigenvalue weighted by Crippen LogP contribution is -2.36. The number of benzene rings is 1. The van der Waals surface area contributed by atoms with Gasteiger partial charge in [0, 0.05) is 18.7 Å². The fourth-order valence-electron chi connectivity index (χ4n) is 1.98. The minimum atomic E-state index is 0.250. The second-order valence-electron chi connectivity index (χ2n) is 3.69.